The third-order valence-electron chi connectivity index (χ3n) is 4.98. The Morgan fingerprint density at radius 2 is 2.10 bits per heavy atom. The number of urea groups is 1. The van der Waals surface area contributed by atoms with Gasteiger partial charge in [-0.15, -0.1) is 5.10 Å². The predicted molar refractivity (Wildman–Crippen MR) is 108 cm³/mol. The summed E-state index contributed by atoms with van der Waals surface area (Å²) in [4.78, 5) is 33.2. The van der Waals surface area contributed by atoms with Crippen LogP contribution in [0.1, 0.15) is 23.3 Å². The molecule has 2 aliphatic rings. The lowest BCUT2D eigenvalue weighted by Gasteiger charge is -2.35. The zero-order valence-electron chi connectivity index (χ0n) is 15.9. The van der Waals surface area contributed by atoms with Crippen molar-refractivity contribution < 1.29 is 14.3 Å². The molecule has 0 aromatic carbocycles. The van der Waals surface area contributed by atoms with Crippen molar-refractivity contribution in [1.29, 1.82) is 0 Å². The van der Waals surface area contributed by atoms with Gasteiger partial charge in [-0.25, -0.2) is 9.78 Å². The smallest absolute Gasteiger partial charge is 0.322 e. The molecule has 29 heavy (non-hydrogen) atoms. The molecule has 2 saturated heterocycles. The third kappa shape index (κ3) is 4.80. The molecule has 3 amide bonds. The van der Waals surface area contributed by atoms with Crippen molar-refractivity contribution in [3.63, 3.8) is 0 Å². The maximum atomic E-state index is 12.6. The Labute approximate surface area is 172 Å². The highest BCUT2D eigenvalue weighted by Gasteiger charge is 2.25. The van der Waals surface area contributed by atoms with Crippen LogP contribution in [0.5, 0.6) is 0 Å². The van der Waals surface area contributed by atoms with Crippen LogP contribution in [-0.2, 0) is 4.74 Å². The van der Waals surface area contributed by atoms with Gasteiger partial charge < -0.3 is 19.9 Å². The Bertz CT molecular complexity index is 833. The minimum Gasteiger partial charge on any atom is -0.376 e. The molecule has 154 valence electrons. The van der Waals surface area contributed by atoms with E-state index in [4.69, 9.17) is 4.74 Å². The lowest BCUT2D eigenvalue weighted by Crippen LogP contribution is -2.50. The van der Waals surface area contributed by atoms with E-state index >= 15 is 0 Å². The number of piperazine rings is 1. The Morgan fingerprint density at radius 3 is 2.83 bits per heavy atom. The van der Waals surface area contributed by atoms with Gasteiger partial charge in [-0.1, -0.05) is 10.6 Å². The average Bonchev–Trinajstić information content (AvgIpc) is 3.45. The number of carbonyl (C=O) groups excluding carboxylic acids is 2. The highest BCUT2D eigenvalue weighted by Crippen LogP contribution is 2.20. The van der Waals surface area contributed by atoms with E-state index in [1.165, 1.54) is 0 Å². The lowest BCUT2D eigenvalue weighted by molar-refractivity contribution is 0.0854. The van der Waals surface area contributed by atoms with E-state index < -0.39 is 0 Å². The molecule has 0 aliphatic carbocycles. The van der Waals surface area contributed by atoms with E-state index in [1.54, 1.807) is 11.1 Å². The highest BCUT2D eigenvalue weighted by atomic mass is 32.1. The third-order valence-corrected chi connectivity index (χ3v) is 5.62. The second-order valence-electron chi connectivity index (χ2n) is 6.89. The van der Waals surface area contributed by atoms with Crippen LogP contribution in [0.25, 0.3) is 0 Å². The number of aromatic nitrogens is 3. The van der Waals surface area contributed by atoms with Gasteiger partial charge >= 0.3 is 6.03 Å². The fourth-order valence-corrected chi connectivity index (χ4v) is 3.93. The van der Waals surface area contributed by atoms with Gasteiger partial charge in [-0.05, 0) is 25.0 Å². The summed E-state index contributed by atoms with van der Waals surface area (Å²) in [6, 6.07) is 5.53. The van der Waals surface area contributed by atoms with Crippen LogP contribution in [0.3, 0.4) is 0 Å². The van der Waals surface area contributed by atoms with E-state index in [0.717, 1.165) is 36.8 Å². The van der Waals surface area contributed by atoms with Gasteiger partial charge in [-0.3, -0.25) is 10.1 Å². The maximum Gasteiger partial charge on any atom is 0.322 e. The predicted octanol–water partition coefficient (Wildman–Crippen LogP) is 1.20. The van der Waals surface area contributed by atoms with Crippen molar-refractivity contribution in [3.05, 3.63) is 30.1 Å². The molecule has 2 aromatic rings. The number of pyridine rings is 1. The summed E-state index contributed by atoms with van der Waals surface area (Å²) >= 11 is 0.994. The molecule has 0 unspecified atom stereocenters. The molecule has 11 heteroatoms. The first-order valence-electron chi connectivity index (χ1n) is 9.65. The molecule has 2 fully saturated rings. The summed E-state index contributed by atoms with van der Waals surface area (Å²) < 4.78 is 9.33. The number of rotatable bonds is 5. The van der Waals surface area contributed by atoms with Gasteiger partial charge in [-0.2, -0.15) is 0 Å². The molecule has 0 spiro atoms. The van der Waals surface area contributed by atoms with E-state index in [2.05, 4.69) is 30.1 Å². The van der Waals surface area contributed by atoms with Crippen molar-refractivity contribution in [2.45, 2.75) is 18.9 Å². The molecular formula is C18H23N7O3S. The topological polar surface area (TPSA) is 113 Å². The zero-order chi connectivity index (χ0) is 20.1. The summed E-state index contributed by atoms with van der Waals surface area (Å²) in [6.07, 6.45) is 3.74. The van der Waals surface area contributed by atoms with Crippen molar-refractivity contribution in [1.82, 2.24) is 24.8 Å². The van der Waals surface area contributed by atoms with Crippen LogP contribution in [0.2, 0.25) is 0 Å². The number of anilines is 2. The Morgan fingerprint density at radius 1 is 1.24 bits per heavy atom. The van der Waals surface area contributed by atoms with E-state index in [0.29, 0.717) is 37.7 Å². The summed E-state index contributed by atoms with van der Waals surface area (Å²) in [7, 11) is 0. The minimum atomic E-state index is -0.357. The quantitative estimate of drug-likeness (QED) is 0.751. The Kier molecular flexibility index (Phi) is 6.15. The molecule has 2 aromatic heterocycles. The largest absolute Gasteiger partial charge is 0.376 e. The Balaban J connectivity index is 1.29. The van der Waals surface area contributed by atoms with E-state index in [9.17, 15) is 9.59 Å². The molecule has 10 nitrogen and oxygen atoms in total. The monoisotopic (exact) mass is 417 g/mol. The standard InChI is InChI=1S/C18H23N7O3S/c26-16(20-12-13-4-3-11-28-13)15-17(29-23-22-15)21-18(27)25-9-7-24(8-10-25)14-5-1-2-6-19-14/h1-2,5-6,13H,3-4,7-12H2,(H,20,26)(H,21,27)/t13-/m1/s1. The number of carbonyl (C=O) groups is 2. The molecule has 2 N–H and O–H groups in total. The normalized spacial score (nSPS) is 19.2. The summed E-state index contributed by atoms with van der Waals surface area (Å²) in [5, 5.41) is 9.81. The van der Waals surface area contributed by atoms with Crippen molar-refractivity contribution >= 4 is 34.3 Å². The number of hydrogen-bond donors (Lipinski definition) is 2. The summed E-state index contributed by atoms with van der Waals surface area (Å²) in [6.45, 7) is 3.68. The van der Waals surface area contributed by atoms with E-state index in [-0.39, 0.29) is 23.7 Å². The number of ether oxygens (including phenoxy) is 1. The van der Waals surface area contributed by atoms with Gasteiger partial charge in [0.2, 0.25) is 0 Å². The van der Waals surface area contributed by atoms with Gasteiger partial charge in [0, 0.05) is 57.1 Å². The van der Waals surface area contributed by atoms with Crippen molar-refractivity contribution in [2.75, 3.05) is 49.5 Å². The summed E-state index contributed by atoms with van der Waals surface area (Å²) in [5.74, 6) is 0.550. The van der Waals surface area contributed by atoms with Crippen LogP contribution < -0.4 is 15.5 Å². The van der Waals surface area contributed by atoms with Gasteiger partial charge in [0.05, 0.1) is 6.10 Å². The number of amides is 3. The molecule has 4 rings (SSSR count). The van der Waals surface area contributed by atoms with Crippen molar-refractivity contribution in [3.8, 4) is 0 Å². The zero-order valence-corrected chi connectivity index (χ0v) is 16.7. The molecule has 1 atom stereocenters. The molecule has 2 aliphatic heterocycles. The first-order chi connectivity index (χ1) is 14.2. The van der Waals surface area contributed by atoms with Crippen LogP contribution in [0.4, 0.5) is 15.6 Å². The summed E-state index contributed by atoms with van der Waals surface area (Å²) in [5.41, 5.74) is 0.133. The second-order valence-corrected chi connectivity index (χ2v) is 7.64. The fourth-order valence-electron chi connectivity index (χ4n) is 3.37. The molecule has 0 saturated carbocycles. The Hall–Kier alpha value is -2.79. The molecule has 0 bridgehead atoms. The first kappa shape index (κ1) is 19.5. The van der Waals surface area contributed by atoms with Gasteiger partial charge in [0.1, 0.15) is 5.82 Å². The minimum absolute atomic E-state index is 0.0407. The average molecular weight is 417 g/mol. The highest BCUT2D eigenvalue weighted by molar-refractivity contribution is 7.10. The van der Waals surface area contributed by atoms with Crippen LogP contribution in [-0.4, -0.2) is 76.8 Å². The van der Waals surface area contributed by atoms with Crippen LogP contribution in [0, 0.1) is 0 Å². The first-order valence-corrected chi connectivity index (χ1v) is 10.4. The van der Waals surface area contributed by atoms with Gasteiger partial charge in [0.15, 0.2) is 10.7 Å². The number of hydrogen-bond acceptors (Lipinski definition) is 8. The molecule has 0 radical (unpaired) electrons. The molecular weight excluding hydrogens is 394 g/mol. The van der Waals surface area contributed by atoms with Crippen LogP contribution >= 0.6 is 11.5 Å². The maximum absolute atomic E-state index is 12.6. The number of nitrogens with one attached hydrogen (secondary N) is 2. The molecule has 4 heterocycles. The number of nitrogens with zero attached hydrogens (tertiary/aromatic N) is 5. The lowest BCUT2D eigenvalue weighted by atomic mass is 10.2. The SMILES string of the molecule is O=C(NC[C@H]1CCCO1)c1nnsc1NC(=O)N1CCN(c2ccccn2)CC1. The van der Waals surface area contributed by atoms with Crippen molar-refractivity contribution in [2.24, 2.45) is 0 Å². The second kappa shape index (κ2) is 9.14. The van der Waals surface area contributed by atoms with Crippen LogP contribution in [0.15, 0.2) is 24.4 Å². The fraction of sp³-hybridized carbons (Fsp3) is 0.500. The van der Waals surface area contributed by atoms with E-state index in [1.807, 2.05) is 18.2 Å². The van der Waals surface area contributed by atoms with Gasteiger partial charge in [0.25, 0.3) is 5.91 Å².